The molecule has 1 atom stereocenters. The topological polar surface area (TPSA) is 53.1 Å². The minimum Gasteiger partial charge on any atom is -0.438 e. The van der Waals surface area contributed by atoms with E-state index in [1.807, 2.05) is 45.4 Å². The van der Waals surface area contributed by atoms with E-state index in [1.165, 1.54) is 0 Å². The molecular weight excluding hydrogens is 270 g/mol. The number of nitrogens with two attached hydrogens (primary N) is 1. The molecule has 0 saturated heterocycles. The van der Waals surface area contributed by atoms with Crippen LogP contribution in [0.15, 0.2) is 29.2 Å². The van der Waals surface area contributed by atoms with Crippen molar-refractivity contribution < 1.29 is 4.74 Å². The fourth-order valence-corrected chi connectivity index (χ4v) is 2.70. The van der Waals surface area contributed by atoms with E-state index < -0.39 is 0 Å². The van der Waals surface area contributed by atoms with Gasteiger partial charge < -0.3 is 10.5 Å². The lowest BCUT2D eigenvalue weighted by Gasteiger charge is -2.12. The highest BCUT2D eigenvalue weighted by molar-refractivity contribution is 7.98. The Bertz CT molecular complexity index is 593. The Balaban J connectivity index is 2.38. The molecule has 0 spiro atoms. The quantitative estimate of drug-likeness (QED) is 0.860. The van der Waals surface area contributed by atoms with Crippen LogP contribution in [0.25, 0.3) is 0 Å². The second kappa shape index (κ2) is 6.33. The summed E-state index contributed by atoms with van der Waals surface area (Å²) in [5.74, 6) is 1.63. The van der Waals surface area contributed by atoms with E-state index in [-0.39, 0.29) is 6.04 Å². The number of aromatic nitrogens is 2. The normalized spacial score (nSPS) is 12.4. The zero-order valence-electron chi connectivity index (χ0n) is 12.4. The Morgan fingerprint density at radius 1 is 1.40 bits per heavy atom. The van der Waals surface area contributed by atoms with Gasteiger partial charge in [0.15, 0.2) is 0 Å². The van der Waals surface area contributed by atoms with Crippen molar-refractivity contribution in [3.63, 3.8) is 0 Å². The van der Waals surface area contributed by atoms with Crippen molar-refractivity contribution in [1.82, 2.24) is 9.78 Å². The molecule has 108 valence electrons. The van der Waals surface area contributed by atoms with Gasteiger partial charge in [0.1, 0.15) is 5.75 Å². The predicted octanol–water partition coefficient (Wildman–Crippen LogP) is 3.13. The molecule has 0 amide bonds. The molecule has 4 nitrogen and oxygen atoms in total. The summed E-state index contributed by atoms with van der Waals surface area (Å²) in [6.07, 6.45) is 2.80. The highest BCUT2D eigenvalue weighted by atomic mass is 32.2. The molecule has 20 heavy (non-hydrogen) atoms. The molecule has 0 aliphatic carbocycles. The van der Waals surface area contributed by atoms with E-state index in [2.05, 4.69) is 11.2 Å². The molecular formula is C15H21N3OS. The molecule has 0 fully saturated rings. The zero-order chi connectivity index (χ0) is 14.7. The maximum atomic E-state index is 6.11. The third-order valence-electron chi connectivity index (χ3n) is 3.09. The molecule has 1 unspecified atom stereocenters. The maximum absolute atomic E-state index is 6.11. The van der Waals surface area contributed by atoms with Crippen LogP contribution in [-0.4, -0.2) is 22.1 Å². The lowest BCUT2D eigenvalue weighted by molar-refractivity contribution is 0.416. The Kier molecular flexibility index (Phi) is 4.73. The van der Waals surface area contributed by atoms with Gasteiger partial charge in [-0.25, -0.2) is 4.68 Å². The van der Waals surface area contributed by atoms with E-state index in [9.17, 15) is 0 Å². The van der Waals surface area contributed by atoms with Crippen molar-refractivity contribution >= 4 is 11.8 Å². The molecule has 2 N–H and O–H groups in total. The van der Waals surface area contributed by atoms with E-state index >= 15 is 0 Å². The maximum Gasteiger partial charge on any atom is 0.221 e. The minimum absolute atomic E-state index is 0.0797. The number of hydrogen-bond donors (Lipinski definition) is 1. The molecule has 0 aliphatic heterocycles. The summed E-state index contributed by atoms with van der Waals surface area (Å²) in [7, 11) is 1.90. The molecule has 0 saturated carbocycles. The van der Waals surface area contributed by atoms with Crippen LogP contribution in [0, 0.1) is 6.92 Å². The fraction of sp³-hybridized carbons (Fsp3) is 0.400. The molecule has 0 aliphatic rings. The highest BCUT2D eigenvalue weighted by Gasteiger charge is 2.17. The molecule has 1 aromatic carbocycles. The van der Waals surface area contributed by atoms with Crippen LogP contribution in [0.1, 0.15) is 18.2 Å². The van der Waals surface area contributed by atoms with Gasteiger partial charge in [-0.1, -0.05) is 12.1 Å². The number of benzene rings is 1. The zero-order valence-corrected chi connectivity index (χ0v) is 13.2. The lowest BCUT2D eigenvalue weighted by atomic mass is 10.1. The highest BCUT2D eigenvalue weighted by Crippen LogP contribution is 2.33. The number of rotatable bonds is 5. The summed E-state index contributed by atoms with van der Waals surface area (Å²) in [6, 6.07) is 8.09. The number of ether oxygens (including phenoxy) is 1. The molecule has 1 aromatic heterocycles. The van der Waals surface area contributed by atoms with Gasteiger partial charge in [0.2, 0.25) is 5.88 Å². The number of thioether (sulfide) groups is 1. The Morgan fingerprint density at radius 3 is 2.75 bits per heavy atom. The first-order valence-electron chi connectivity index (χ1n) is 6.61. The van der Waals surface area contributed by atoms with Gasteiger partial charge in [-0.2, -0.15) is 5.10 Å². The number of nitrogens with zero attached hydrogens (tertiary/aromatic N) is 2. The van der Waals surface area contributed by atoms with Crippen molar-refractivity contribution in [2.24, 2.45) is 12.8 Å². The fourth-order valence-electron chi connectivity index (χ4n) is 2.17. The standard InChI is InChI=1S/C15H21N3OS/c1-10(16)9-12-11(2)17-18(3)15(12)19-13-7-5-6-8-14(13)20-4/h5-8,10H,9,16H2,1-4H3. The molecule has 2 rings (SSSR count). The lowest BCUT2D eigenvalue weighted by Crippen LogP contribution is -2.18. The number of hydrogen-bond acceptors (Lipinski definition) is 4. The predicted molar refractivity (Wildman–Crippen MR) is 83.6 cm³/mol. The molecule has 0 radical (unpaired) electrons. The number of para-hydroxylation sites is 1. The van der Waals surface area contributed by atoms with E-state index in [0.717, 1.165) is 34.2 Å². The molecule has 0 bridgehead atoms. The smallest absolute Gasteiger partial charge is 0.221 e. The Morgan fingerprint density at radius 2 is 2.10 bits per heavy atom. The van der Waals surface area contributed by atoms with Gasteiger partial charge in [0, 0.05) is 23.5 Å². The van der Waals surface area contributed by atoms with Crippen LogP contribution in [-0.2, 0) is 13.5 Å². The van der Waals surface area contributed by atoms with Crippen LogP contribution in [0.5, 0.6) is 11.6 Å². The average molecular weight is 291 g/mol. The van der Waals surface area contributed by atoms with Gasteiger partial charge in [0.25, 0.3) is 0 Å². The molecule has 1 heterocycles. The first kappa shape index (κ1) is 14.9. The Labute approximate surface area is 124 Å². The van der Waals surface area contributed by atoms with Gasteiger partial charge in [0.05, 0.1) is 5.69 Å². The first-order valence-corrected chi connectivity index (χ1v) is 7.84. The van der Waals surface area contributed by atoms with Crippen LogP contribution < -0.4 is 10.5 Å². The Hall–Kier alpha value is -1.46. The van der Waals surface area contributed by atoms with Crippen molar-refractivity contribution in [1.29, 1.82) is 0 Å². The van der Waals surface area contributed by atoms with Crippen LogP contribution >= 0.6 is 11.8 Å². The largest absolute Gasteiger partial charge is 0.438 e. The van der Waals surface area contributed by atoms with Gasteiger partial charge in [-0.05, 0) is 38.7 Å². The van der Waals surface area contributed by atoms with Gasteiger partial charge in [-0.15, -0.1) is 11.8 Å². The second-order valence-electron chi connectivity index (χ2n) is 4.93. The van der Waals surface area contributed by atoms with Crippen molar-refractivity contribution in [3.8, 4) is 11.6 Å². The SMILES string of the molecule is CSc1ccccc1Oc1c(CC(C)N)c(C)nn1C. The summed E-state index contributed by atoms with van der Waals surface area (Å²) < 4.78 is 7.89. The van der Waals surface area contributed by atoms with Gasteiger partial charge >= 0.3 is 0 Å². The van der Waals surface area contributed by atoms with E-state index in [4.69, 9.17) is 10.5 Å². The van der Waals surface area contributed by atoms with Crippen LogP contribution in [0.3, 0.4) is 0 Å². The van der Waals surface area contributed by atoms with Crippen molar-refractivity contribution in [2.45, 2.75) is 31.2 Å². The summed E-state index contributed by atoms with van der Waals surface area (Å²) in [4.78, 5) is 1.11. The average Bonchev–Trinajstić information content (AvgIpc) is 2.66. The van der Waals surface area contributed by atoms with Crippen LogP contribution in [0.4, 0.5) is 0 Å². The summed E-state index contributed by atoms with van der Waals surface area (Å²) in [5, 5.41) is 4.45. The molecule has 2 aromatic rings. The summed E-state index contributed by atoms with van der Waals surface area (Å²) in [5.41, 5.74) is 7.98. The third kappa shape index (κ3) is 3.16. The van der Waals surface area contributed by atoms with Crippen LogP contribution in [0.2, 0.25) is 0 Å². The minimum atomic E-state index is 0.0797. The summed E-state index contributed by atoms with van der Waals surface area (Å²) >= 11 is 1.67. The third-order valence-corrected chi connectivity index (χ3v) is 3.87. The molecule has 5 heteroatoms. The number of aryl methyl sites for hydroxylation is 2. The monoisotopic (exact) mass is 291 g/mol. The second-order valence-corrected chi connectivity index (χ2v) is 5.78. The first-order chi connectivity index (χ1) is 9.52. The van der Waals surface area contributed by atoms with E-state index in [1.54, 1.807) is 16.4 Å². The van der Waals surface area contributed by atoms with Crippen molar-refractivity contribution in [2.75, 3.05) is 6.26 Å². The summed E-state index contributed by atoms with van der Waals surface area (Å²) in [6.45, 7) is 3.98. The van der Waals surface area contributed by atoms with Crippen molar-refractivity contribution in [3.05, 3.63) is 35.5 Å². The van der Waals surface area contributed by atoms with Gasteiger partial charge in [-0.3, -0.25) is 0 Å². The van der Waals surface area contributed by atoms with E-state index in [0.29, 0.717) is 0 Å².